The van der Waals surface area contributed by atoms with Gasteiger partial charge in [0.15, 0.2) is 5.76 Å². The van der Waals surface area contributed by atoms with Gasteiger partial charge in [-0.25, -0.2) is 0 Å². The number of benzene rings is 1. The van der Waals surface area contributed by atoms with Gasteiger partial charge >= 0.3 is 0 Å². The lowest BCUT2D eigenvalue weighted by atomic mass is 10.1. The summed E-state index contributed by atoms with van der Waals surface area (Å²) >= 11 is 0. The highest BCUT2D eigenvalue weighted by Gasteiger charge is 2.26. The van der Waals surface area contributed by atoms with Crippen molar-refractivity contribution < 1.29 is 18.7 Å². The van der Waals surface area contributed by atoms with E-state index in [0.717, 1.165) is 37.2 Å². The third kappa shape index (κ3) is 6.16. The van der Waals surface area contributed by atoms with Gasteiger partial charge in [0, 0.05) is 39.3 Å². The zero-order chi connectivity index (χ0) is 23.2. The van der Waals surface area contributed by atoms with E-state index < -0.39 is 0 Å². The summed E-state index contributed by atoms with van der Waals surface area (Å²) in [6.07, 6.45) is 4.65. The van der Waals surface area contributed by atoms with Gasteiger partial charge in [-0.2, -0.15) is 0 Å². The van der Waals surface area contributed by atoms with Crippen molar-refractivity contribution in [3.05, 3.63) is 53.0 Å². The van der Waals surface area contributed by atoms with Gasteiger partial charge in [0.25, 0.3) is 5.91 Å². The van der Waals surface area contributed by atoms with Gasteiger partial charge in [0.2, 0.25) is 5.91 Å². The number of rotatable bonds is 6. The smallest absolute Gasteiger partial charge is 0.289 e. The zero-order valence-electron chi connectivity index (χ0n) is 19.8. The van der Waals surface area contributed by atoms with E-state index in [4.69, 9.17) is 9.15 Å². The lowest BCUT2D eigenvalue weighted by molar-refractivity contribution is -0.132. The Labute approximate surface area is 196 Å². The summed E-state index contributed by atoms with van der Waals surface area (Å²) < 4.78 is 11.6. The van der Waals surface area contributed by atoms with Crippen LogP contribution >= 0.6 is 0 Å². The SMILES string of the molecule is Cc1ccc(OCc2ccc(C(=O)N3CCN(CC(=O)N4CCCCCC4)CC3)o2)c(C)c1. The van der Waals surface area contributed by atoms with E-state index in [9.17, 15) is 9.59 Å². The first-order valence-corrected chi connectivity index (χ1v) is 12.1. The molecule has 33 heavy (non-hydrogen) atoms. The number of piperazine rings is 1. The third-order valence-corrected chi connectivity index (χ3v) is 6.55. The second-order valence-electron chi connectivity index (χ2n) is 9.19. The molecule has 0 aliphatic carbocycles. The van der Waals surface area contributed by atoms with E-state index >= 15 is 0 Å². The summed E-state index contributed by atoms with van der Waals surface area (Å²) in [5, 5.41) is 0. The minimum Gasteiger partial charge on any atom is -0.485 e. The van der Waals surface area contributed by atoms with Crippen molar-refractivity contribution in [1.29, 1.82) is 0 Å². The molecule has 7 nitrogen and oxygen atoms in total. The molecule has 0 N–H and O–H groups in total. The fourth-order valence-electron chi connectivity index (χ4n) is 4.56. The number of carbonyl (C=O) groups excluding carboxylic acids is 2. The van der Waals surface area contributed by atoms with Crippen LogP contribution in [0.3, 0.4) is 0 Å². The first-order chi connectivity index (χ1) is 16.0. The number of aryl methyl sites for hydroxylation is 2. The fraction of sp³-hybridized carbons (Fsp3) is 0.538. The van der Waals surface area contributed by atoms with Gasteiger partial charge in [-0.15, -0.1) is 0 Å². The normalized spacial score (nSPS) is 17.6. The van der Waals surface area contributed by atoms with Crippen molar-refractivity contribution in [2.45, 2.75) is 46.1 Å². The van der Waals surface area contributed by atoms with Crippen molar-refractivity contribution in [2.24, 2.45) is 0 Å². The largest absolute Gasteiger partial charge is 0.485 e. The Morgan fingerprint density at radius 3 is 2.30 bits per heavy atom. The molecule has 2 aliphatic heterocycles. The molecule has 3 heterocycles. The van der Waals surface area contributed by atoms with Crippen LogP contribution in [0.15, 0.2) is 34.7 Å². The third-order valence-electron chi connectivity index (χ3n) is 6.55. The predicted octanol–water partition coefficient (Wildman–Crippen LogP) is 3.64. The summed E-state index contributed by atoms with van der Waals surface area (Å²) in [5.41, 5.74) is 2.27. The Kier molecular flexibility index (Phi) is 7.70. The molecule has 0 atom stereocenters. The number of furan rings is 1. The predicted molar refractivity (Wildman–Crippen MR) is 126 cm³/mol. The zero-order valence-corrected chi connectivity index (χ0v) is 19.8. The number of hydrogen-bond acceptors (Lipinski definition) is 5. The Bertz CT molecular complexity index is 954. The Morgan fingerprint density at radius 1 is 0.879 bits per heavy atom. The minimum atomic E-state index is -0.105. The summed E-state index contributed by atoms with van der Waals surface area (Å²) in [6.45, 7) is 9.16. The van der Waals surface area contributed by atoms with Crippen LogP contribution in [0.4, 0.5) is 0 Å². The van der Waals surface area contributed by atoms with E-state index in [0.29, 0.717) is 44.2 Å². The summed E-state index contributed by atoms with van der Waals surface area (Å²) in [6, 6.07) is 9.57. The first kappa shape index (κ1) is 23.4. The monoisotopic (exact) mass is 453 g/mol. The minimum absolute atomic E-state index is 0.105. The lowest BCUT2D eigenvalue weighted by Gasteiger charge is -2.35. The molecule has 2 fully saturated rings. The highest BCUT2D eigenvalue weighted by molar-refractivity contribution is 5.91. The second-order valence-corrected chi connectivity index (χ2v) is 9.19. The van der Waals surface area contributed by atoms with Crippen molar-refractivity contribution in [3.63, 3.8) is 0 Å². The molecule has 2 amide bonds. The quantitative estimate of drug-likeness (QED) is 0.668. The molecule has 1 aromatic heterocycles. The van der Waals surface area contributed by atoms with Crippen molar-refractivity contribution >= 4 is 11.8 Å². The average molecular weight is 454 g/mol. The molecule has 0 unspecified atom stereocenters. The van der Waals surface area contributed by atoms with Crippen LogP contribution < -0.4 is 4.74 Å². The molecule has 1 aromatic carbocycles. The first-order valence-electron chi connectivity index (χ1n) is 12.1. The fourth-order valence-corrected chi connectivity index (χ4v) is 4.56. The molecule has 0 saturated carbocycles. The van der Waals surface area contributed by atoms with Gasteiger partial charge in [0.1, 0.15) is 18.1 Å². The molecule has 2 saturated heterocycles. The van der Waals surface area contributed by atoms with Gasteiger partial charge in [-0.05, 0) is 50.5 Å². The molecule has 0 radical (unpaired) electrons. The van der Waals surface area contributed by atoms with E-state index in [1.807, 2.05) is 24.0 Å². The van der Waals surface area contributed by atoms with Crippen LogP contribution in [0.2, 0.25) is 0 Å². The van der Waals surface area contributed by atoms with Crippen LogP contribution in [0.25, 0.3) is 0 Å². The summed E-state index contributed by atoms with van der Waals surface area (Å²) in [7, 11) is 0. The molecular weight excluding hydrogens is 418 g/mol. The van der Waals surface area contributed by atoms with Gasteiger partial charge in [0.05, 0.1) is 6.54 Å². The maximum Gasteiger partial charge on any atom is 0.289 e. The molecule has 7 heteroatoms. The molecular formula is C26H35N3O4. The van der Waals surface area contributed by atoms with Crippen LogP contribution in [0.1, 0.15) is 53.1 Å². The van der Waals surface area contributed by atoms with Gasteiger partial charge < -0.3 is 19.0 Å². The Balaban J connectivity index is 1.24. The van der Waals surface area contributed by atoms with Gasteiger partial charge in [-0.1, -0.05) is 30.5 Å². The van der Waals surface area contributed by atoms with Crippen LogP contribution in [-0.2, 0) is 11.4 Å². The second kappa shape index (κ2) is 10.9. The van der Waals surface area contributed by atoms with E-state index in [-0.39, 0.29) is 18.4 Å². The Hall–Kier alpha value is -2.80. The van der Waals surface area contributed by atoms with Crippen molar-refractivity contribution in [2.75, 3.05) is 45.8 Å². The topological polar surface area (TPSA) is 66.2 Å². The number of hydrogen-bond donors (Lipinski definition) is 0. The average Bonchev–Trinajstić information content (AvgIpc) is 3.11. The number of amides is 2. The van der Waals surface area contributed by atoms with Crippen LogP contribution in [0, 0.1) is 13.8 Å². The van der Waals surface area contributed by atoms with Crippen LogP contribution in [-0.4, -0.2) is 72.3 Å². The summed E-state index contributed by atoms with van der Waals surface area (Å²) in [4.78, 5) is 31.5. The number of carbonyl (C=O) groups is 2. The molecule has 0 bridgehead atoms. The van der Waals surface area contributed by atoms with Crippen molar-refractivity contribution in [1.82, 2.24) is 14.7 Å². The molecule has 0 spiro atoms. The summed E-state index contributed by atoms with van der Waals surface area (Å²) in [5.74, 6) is 1.89. The highest BCUT2D eigenvalue weighted by Crippen LogP contribution is 2.21. The standard InChI is InChI=1S/C26H35N3O4/c1-20-7-9-23(21(2)17-20)32-19-22-8-10-24(33-22)26(31)29-15-13-27(14-16-29)18-25(30)28-11-5-3-4-6-12-28/h7-10,17H,3-6,11-16,18-19H2,1-2H3. The Morgan fingerprint density at radius 2 is 1.61 bits per heavy atom. The van der Waals surface area contributed by atoms with E-state index in [1.165, 1.54) is 18.4 Å². The maximum atomic E-state index is 12.9. The molecule has 178 valence electrons. The number of ether oxygens (including phenoxy) is 1. The maximum absolute atomic E-state index is 12.9. The lowest BCUT2D eigenvalue weighted by Crippen LogP contribution is -2.51. The van der Waals surface area contributed by atoms with Gasteiger partial charge in [-0.3, -0.25) is 14.5 Å². The molecule has 2 aromatic rings. The number of nitrogens with zero attached hydrogens (tertiary/aromatic N) is 3. The van der Waals surface area contributed by atoms with Crippen molar-refractivity contribution in [3.8, 4) is 5.75 Å². The highest BCUT2D eigenvalue weighted by atomic mass is 16.5. The van der Waals surface area contributed by atoms with Crippen LogP contribution in [0.5, 0.6) is 5.75 Å². The van der Waals surface area contributed by atoms with E-state index in [2.05, 4.69) is 17.9 Å². The molecule has 2 aliphatic rings. The number of likely N-dealkylation sites (tertiary alicyclic amines) is 1. The molecule has 4 rings (SSSR count). The van der Waals surface area contributed by atoms with E-state index in [1.54, 1.807) is 17.0 Å².